The molecule has 0 aromatic carbocycles. The predicted molar refractivity (Wildman–Crippen MR) is 71.3 cm³/mol. The first-order valence-electron chi connectivity index (χ1n) is 7.41. The summed E-state index contributed by atoms with van der Waals surface area (Å²) in [5, 5.41) is 6.70. The van der Waals surface area contributed by atoms with Crippen LogP contribution in [0.25, 0.3) is 0 Å². The van der Waals surface area contributed by atoms with Gasteiger partial charge in [0.15, 0.2) is 0 Å². The Bertz CT molecular complexity index is 317. The molecule has 4 nitrogen and oxygen atoms in total. The van der Waals surface area contributed by atoms with Crippen LogP contribution in [0.4, 0.5) is 0 Å². The van der Waals surface area contributed by atoms with Crippen molar-refractivity contribution >= 4 is 5.91 Å². The molecule has 2 bridgehead atoms. The molecule has 18 heavy (non-hydrogen) atoms. The molecular formula is C14H25N3O. The number of fused-ring (bicyclic) bond motifs is 3. The summed E-state index contributed by atoms with van der Waals surface area (Å²) >= 11 is 0. The summed E-state index contributed by atoms with van der Waals surface area (Å²) in [4.78, 5) is 15.0. The zero-order valence-corrected chi connectivity index (χ0v) is 11.4. The van der Waals surface area contributed by atoms with Crippen LogP contribution in [0.2, 0.25) is 0 Å². The largest absolute Gasteiger partial charge is 0.351 e. The van der Waals surface area contributed by atoms with Crippen molar-refractivity contribution in [1.29, 1.82) is 0 Å². The van der Waals surface area contributed by atoms with Crippen molar-refractivity contribution in [2.24, 2.45) is 11.3 Å². The average molecular weight is 251 g/mol. The Morgan fingerprint density at radius 1 is 1.39 bits per heavy atom. The summed E-state index contributed by atoms with van der Waals surface area (Å²) in [6, 6.07) is 0.402. The summed E-state index contributed by atoms with van der Waals surface area (Å²) in [5.74, 6) is 0.993. The number of piperidine rings is 4. The van der Waals surface area contributed by atoms with E-state index in [0.717, 1.165) is 38.4 Å². The van der Waals surface area contributed by atoms with Gasteiger partial charge in [0, 0.05) is 19.1 Å². The standard InChI is InChI=1S/C14H25N3O/c1-14(5-2-6-15-10-14)13(18)16-12-9-17-7-3-11(12)4-8-17/h11-12,15H,2-10H2,1H3,(H,16,18). The highest BCUT2D eigenvalue weighted by Gasteiger charge is 2.39. The molecule has 4 fully saturated rings. The van der Waals surface area contributed by atoms with E-state index in [1.54, 1.807) is 0 Å². The minimum Gasteiger partial charge on any atom is -0.351 e. The second kappa shape index (κ2) is 4.82. The van der Waals surface area contributed by atoms with Crippen LogP contribution in [0.15, 0.2) is 0 Å². The second-order valence-electron chi connectivity index (χ2n) is 6.56. The number of hydrogen-bond donors (Lipinski definition) is 2. The van der Waals surface area contributed by atoms with Gasteiger partial charge in [-0.25, -0.2) is 0 Å². The minimum absolute atomic E-state index is 0.190. The third-order valence-electron chi connectivity index (χ3n) is 5.12. The van der Waals surface area contributed by atoms with Gasteiger partial charge < -0.3 is 15.5 Å². The van der Waals surface area contributed by atoms with Gasteiger partial charge in [-0.3, -0.25) is 4.79 Å². The first-order chi connectivity index (χ1) is 8.67. The van der Waals surface area contributed by atoms with Crippen molar-refractivity contribution in [1.82, 2.24) is 15.5 Å². The number of carbonyl (C=O) groups excluding carboxylic acids is 1. The number of carbonyl (C=O) groups is 1. The molecule has 2 unspecified atom stereocenters. The molecule has 4 aliphatic rings. The number of nitrogens with one attached hydrogen (secondary N) is 2. The van der Waals surface area contributed by atoms with E-state index in [0.29, 0.717) is 6.04 Å². The monoisotopic (exact) mass is 251 g/mol. The van der Waals surface area contributed by atoms with Crippen LogP contribution < -0.4 is 10.6 Å². The molecule has 4 rings (SSSR count). The highest BCUT2D eigenvalue weighted by Crippen LogP contribution is 2.30. The molecule has 0 spiro atoms. The van der Waals surface area contributed by atoms with Gasteiger partial charge in [0.2, 0.25) is 5.91 Å². The minimum atomic E-state index is -0.190. The van der Waals surface area contributed by atoms with E-state index in [4.69, 9.17) is 0 Å². The topological polar surface area (TPSA) is 44.4 Å². The van der Waals surface area contributed by atoms with E-state index in [-0.39, 0.29) is 11.3 Å². The molecule has 4 heteroatoms. The van der Waals surface area contributed by atoms with Crippen LogP contribution in [0.1, 0.15) is 32.6 Å². The number of hydrogen-bond acceptors (Lipinski definition) is 3. The summed E-state index contributed by atoms with van der Waals surface area (Å²) < 4.78 is 0. The fourth-order valence-corrected chi connectivity index (χ4v) is 3.72. The van der Waals surface area contributed by atoms with Crippen molar-refractivity contribution in [3.05, 3.63) is 0 Å². The highest BCUT2D eigenvalue weighted by molar-refractivity contribution is 5.83. The summed E-state index contributed by atoms with van der Waals surface area (Å²) in [6.45, 7) is 7.53. The Balaban J connectivity index is 1.60. The molecule has 102 valence electrons. The molecule has 0 saturated carbocycles. The van der Waals surface area contributed by atoms with Crippen LogP contribution in [0.3, 0.4) is 0 Å². The Labute approximate surface area is 109 Å². The smallest absolute Gasteiger partial charge is 0.227 e. The maximum Gasteiger partial charge on any atom is 0.227 e. The van der Waals surface area contributed by atoms with Crippen LogP contribution in [0.5, 0.6) is 0 Å². The Morgan fingerprint density at radius 2 is 2.17 bits per heavy atom. The number of amides is 1. The molecule has 0 aliphatic carbocycles. The molecule has 0 aromatic rings. The third-order valence-corrected chi connectivity index (χ3v) is 5.12. The van der Waals surface area contributed by atoms with Gasteiger partial charge in [0.25, 0.3) is 0 Å². The van der Waals surface area contributed by atoms with Crippen LogP contribution in [-0.2, 0) is 4.79 Å². The van der Waals surface area contributed by atoms with E-state index >= 15 is 0 Å². The average Bonchev–Trinajstić information content (AvgIpc) is 2.41. The number of nitrogens with zero attached hydrogens (tertiary/aromatic N) is 1. The molecule has 4 heterocycles. The Hall–Kier alpha value is -0.610. The van der Waals surface area contributed by atoms with Gasteiger partial charge in [-0.2, -0.15) is 0 Å². The molecular weight excluding hydrogens is 226 g/mol. The predicted octanol–water partition coefficient (Wildman–Crippen LogP) is 0.587. The van der Waals surface area contributed by atoms with Gasteiger partial charge in [-0.05, 0) is 58.2 Å². The molecule has 1 amide bonds. The molecule has 4 saturated heterocycles. The first kappa shape index (κ1) is 12.4. The van der Waals surface area contributed by atoms with Crippen molar-refractivity contribution in [2.75, 3.05) is 32.7 Å². The van der Waals surface area contributed by atoms with E-state index in [9.17, 15) is 4.79 Å². The molecule has 2 atom stereocenters. The van der Waals surface area contributed by atoms with Gasteiger partial charge >= 0.3 is 0 Å². The Morgan fingerprint density at radius 3 is 2.72 bits per heavy atom. The van der Waals surface area contributed by atoms with E-state index in [2.05, 4.69) is 22.5 Å². The summed E-state index contributed by atoms with van der Waals surface area (Å²) in [5.41, 5.74) is -0.190. The van der Waals surface area contributed by atoms with Crippen molar-refractivity contribution < 1.29 is 4.79 Å². The van der Waals surface area contributed by atoms with Gasteiger partial charge in [-0.15, -0.1) is 0 Å². The zero-order chi connectivity index (χ0) is 12.6. The molecule has 0 aromatic heterocycles. The third kappa shape index (κ3) is 2.28. The lowest BCUT2D eigenvalue weighted by molar-refractivity contribution is -0.133. The van der Waals surface area contributed by atoms with Gasteiger partial charge in [-0.1, -0.05) is 0 Å². The number of rotatable bonds is 2. The van der Waals surface area contributed by atoms with Crippen LogP contribution >= 0.6 is 0 Å². The second-order valence-corrected chi connectivity index (χ2v) is 6.56. The SMILES string of the molecule is CC1(C(=O)NC2CN3CCC2CC3)CCCNC1. The van der Waals surface area contributed by atoms with E-state index < -0.39 is 0 Å². The van der Waals surface area contributed by atoms with Crippen molar-refractivity contribution in [3.8, 4) is 0 Å². The van der Waals surface area contributed by atoms with Gasteiger partial charge in [0.1, 0.15) is 0 Å². The van der Waals surface area contributed by atoms with E-state index in [1.165, 1.54) is 25.9 Å². The molecule has 0 radical (unpaired) electrons. The van der Waals surface area contributed by atoms with Crippen molar-refractivity contribution in [2.45, 2.75) is 38.6 Å². The zero-order valence-electron chi connectivity index (χ0n) is 11.4. The Kier molecular flexibility index (Phi) is 3.32. The molecule has 4 aliphatic heterocycles. The lowest BCUT2D eigenvalue weighted by Crippen LogP contribution is -2.60. The lowest BCUT2D eigenvalue weighted by Gasteiger charge is -2.46. The van der Waals surface area contributed by atoms with Crippen LogP contribution in [-0.4, -0.2) is 49.6 Å². The van der Waals surface area contributed by atoms with Crippen molar-refractivity contribution in [3.63, 3.8) is 0 Å². The fraction of sp³-hybridized carbons (Fsp3) is 0.929. The highest BCUT2D eigenvalue weighted by atomic mass is 16.2. The van der Waals surface area contributed by atoms with Gasteiger partial charge in [0.05, 0.1) is 5.41 Å². The first-order valence-corrected chi connectivity index (χ1v) is 7.41. The lowest BCUT2D eigenvalue weighted by atomic mass is 9.79. The fourth-order valence-electron chi connectivity index (χ4n) is 3.72. The summed E-state index contributed by atoms with van der Waals surface area (Å²) in [6.07, 6.45) is 4.66. The van der Waals surface area contributed by atoms with Crippen LogP contribution in [0, 0.1) is 11.3 Å². The maximum atomic E-state index is 12.5. The van der Waals surface area contributed by atoms with E-state index in [1.807, 2.05) is 0 Å². The molecule has 2 N–H and O–H groups in total. The quantitative estimate of drug-likeness (QED) is 0.755. The normalized spacial score (nSPS) is 43.7. The summed E-state index contributed by atoms with van der Waals surface area (Å²) in [7, 11) is 0. The maximum absolute atomic E-state index is 12.5.